The van der Waals surface area contributed by atoms with Crippen molar-refractivity contribution in [3.05, 3.63) is 29.5 Å². The van der Waals surface area contributed by atoms with Crippen LogP contribution in [0.4, 0.5) is 5.69 Å². The molecule has 0 spiro atoms. The van der Waals surface area contributed by atoms with E-state index in [4.69, 9.17) is 5.73 Å². The topological polar surface area (TPSA) is 77.1 Å². The predicted octanol–water partition coefficient (Wildman–Crippen LogP) is 1.07. The monoisotopic (exact) mass is 279 g/mol. The Bertz CT molecular complexity index is 747. The second kappa shape index (κ2) is 4.25. The number of aromatic nitrogens is 1. The first-order valence-corrected chi connectivity index (χ1v) is 8.01. The summed E-state index contributed by atoms with van der Waals surface area (Å²) < 4.78 is 26.2. The van der Waals surface area contributed by atoms with Crippen LogP contribution in [0.15, 0.2) is 18.2 Å². The normalized spacial score (nSPS) is 15.6. The SMILES string of the molecule is CCS(=O)(=O)n1c2c(c3cc(N)ccc31)CNCC2. The average molecular weight is 279 g/mol. The molecule has 0 saturated carbocycles. The Morgan fingerprint density at radius 2 is 2.21 bits per heavy atom. The fourth-order valence-electron chi connectivity index (χ4n) is 2.71. The molecular formula is C13H17N3O2S. The molecule has 2 aromatic rings. The van der Waals surface area contributed by atoms with Gasteiger partial charge in [0, 0.05) is 36.3 Å². The number of nitrogen functional groups attached to an aromatic ring is 1. The zero-order chi connectivity index (χ0) is 13.6. The van der Waals surface area contributed by atoms with E-state index in [1.54, 1.807) is 19.1 Å². The Morgan fingerprint density at radius 3 is 2.95 bits per heavy atom. The van der Waals surface area contributed by atoms with Gasteiger partial charge in [0.15, 0.2) is 0 Å². The molecule has 1 aromatic heterocycles. The Morgan fingerprint density at radius 1 is 1.42 bits per heavy atom. The van der Waals surface area contributed by atoms with Gasteiger partial charge in [0.2, 0.25) is 10.0 Å². The highest BCUT2D eigenvalue weighted by Crippen LogP contribution is 2.31. The number of nitrogens with one attached hydrogen (secondary N) is 1. The summed E-state index contributed by atoms with van der Waals surface area (Å²) in [6, 6.07) is 5.42. The van der Waals surface area contributed by atoms with E-state index in [0.29, 0.717) is 12.2 Å². The van der Waals surface area contributed by atoms with Gasteiger partial charge in [0.1, 0.15) is 0 Å². The molecule has 0 fully saturated rings. The lowest BCUT2D eigenvalue weighted by Gasteiger charge is -2.16. The standard InChI is InChI=1S/C13H17N3O2S/c1-2-19(17,18)16-12-4-3-9(14)7-10(12)11-8-15-6-5-13(11)16/h3-4,7,15H,2,5-6,8,14H2,1H3. The summed E-state index contributed by atoms with van der Waals surface area (Å²) in [6.45, 7) is 3.17. The third-order valence-corrected chi connectivity index (χ3v) is 5.34. The van der Waals surface area contributed by atoms with Crippen molar-refractivity contribution in [3.8, 4) is 0 Å². The Labute approximate surface area is 112 Å². The second-order valence-electron chi connectivity index (χ2n) is 4.79. The molecule has 5 nitrogen and oxygen atoms in total. The lowest BCUT2D eigenvalue weighted by Crippen LogP contribution is -2.27. The fourth-order valence-corrected chi connectivity index (χ4v) is 3.97. The van der Waals surface area contributed by atoms with E-state index in [1.807, 2.05) is 6.07 Å². The van der Waals surface area contributed by atoms with Crippen LogP contribution >= 0.6 is 0 Å². The summed E-state index contributed by atoms with van der Waals surface area (Å²) in [5.74, 6) is 0.0982. The highest BCUT2D eigenvalue weighted by molar-refractivity contribution is 7.90. The van der Waals surface area contributed by atoms with Crippen molar-refractivity contribution in [1.82, 2.24) is 9.29 Å². The van der Waals surface area contributed by atoms with Gasteiger partial charge in [-0.15, -0.1) is 0 Å². The number of benzene rings is 1. The van der Waals surface area contributed by atoms with Crippen molar-refractivity contribution in [1.29, 1.82) is 0 Å². The number of hydrogen-bond donors (Lipinski definition) is 2. The lowest BCUT2D eigenvalue weighted by molar-refractivity contribution is 0.581. The highest BCUT2D eigenvalue weighted by Gasteiger charge is 2.25. The van der Waals surface area contributed by atoms with Crippen molar-refractivity contribution < 1.29 is 8.42 Å². The van der Waals surface area contributed by atoms with Crippen LogP contribution in [0.25, 0.3) is 10.9 Å². The van der Waals surface area contributed by atoms with Crippen LogP contribution in [0, 0.1) is 0 Å². The quantitative estimate of drug-likeness (QED) is 0.806. The molecule has 19 heavy (non-hydrogen) atoms. The first kappa shape index (κ1) is 12.5. The number of hydrogen-bond acceptors (Lipinski definition) is 4. The third kappa shape index (κ3) is 1.82. The molecule has 0 radical (unpaired) electrons. The number of nitrogens with zero attached hydrogens (tertiary/aromatic N) is 1. The zero-order valence-corrected chi connectivity index (χ0v) is 11.6. The molecule has 0 amide bonds. The van der Waals surface area contributed by atoms with E-state index in [9.17, 15) is 8.42 Å². The van der Waals surface area contributed by atoms with Gasteiger partial charge in [-0.05, 0) is 30.7 Å². The maximum Gasteiger partial charge on any atom is 0.238 e. The predicted molar refractivity (Wildman–Crippen MR) is 76.6 cm³/mol. The van der Waals surface area contributed by atoms with Gasteiger partial charge in [-0.2, -0.15) is 0 Å². The summed E-state index contributed by atoms with van der Waals surface area (Å²) in [7, 11) is -3.29. The Kier molecular flexibility index (Phi) is 2.79. The molecule has 102 valence electrons. The number of nitrogens with two attached hydrogens (primary N) is 1. The summed E-state index contributed by atoms with van der Waals surface area (Å²) in [6.07, 6.45) is 0.725. The average Bonchev–Trinajstić information content (AvgIpc) is 2.73. The van der Waals surface area contributed by atoms with Crippen LogP contribution in [0.3, 0.4) is 0 Å². The maximum atomic E-state index is 12.3. The van der Waals surface area contributed by atoms with Crippen LogP contribution in [0.1, 0.15) is 18.2 Å². The molecule has 1 aliphatic heterocycles. The number of fused-ring (bicyclic) bond motifs is 3. The number of anilines is 1. The smallest absolute Gasteiger partial charge is 0.238 e. The van der Waals surface area contributed by atoms with Crippen molar-refractivity contribution in [2.24, 2.45) is 0 Å². The van der Waals surface area contributed by atoms with Crippen LogP contribution in [0.2, 0.25) is 0 Å². The summed E-state index contributed by atoms with van der Waals surface area (Å²) in [5, 5.41) is 4.23. The molecule has 0 unspecified atom stereocenters. The first-order valence-electron chi connectivity index (χ1n) is 6.40. The minimum Gasteiger partial charge on any atom is -0.399 e. The number of rotatable bonds is 2. The maximum absolute atomic E-state index is 12.3. The largest absolute Gasteiger partial charge is 0.399 e. The van der Waals surface area contributed by atoms with Gasteiger partial charge in [0.05, 0.1) is 11.3 Å². The van der Waals surface area contributed by atoms with E-state index in [0.717, 1.165) is 35.1 Å². The van der Waals surface area contributed by atoms with Crippen LogP contribution in [0.5, 0.6) is 0 Å². The van der Waals surface area contributed by atoms with E-state index >= 15 is 0 Å². The van der Waals surface area contributed by atoms with Gasteiger partial charge in [0.25, 0.3) is 0 Å². The Balaban J connectivity index is 2.44. The fraction of sp³-hybridized carbons (Fsp3) is 0.385. The summed E-state index contributed by atoms with van der Waals surface area (Å²) >= 11 is 0. The molecule has 0 bridgehead atoms. The van der Waals surface area contributed by atoms with E-state index in [1.165, 1.54) is 3.97 Å². The van der Waals surface area contributed by atoms with E-state index < -0.39 is 10.0 Å². The van der Waals surface area contributed by atoms with Crippen molar-refractivity contribution >= 4 is 26.6 Å². The highest BCUT2D eigenvalue weighted by atomic mass is 32.2. The third-order valence-electron chi connectivity index (χ3n) is 3.64. The van der Waals surface area contributed by atoms with Crippen molar-refractivity contribution in [2.45, 2.75) is 19.9 Å². The minimum absolute atomic E-state index is 0.0982. The molecule has 0 atom stereocenters. The van der Waals surface area contributed by atoms with Crippen LogP contribution in [-0.4, -0.2) is 24.7 Å². The van der Waals surface area contributed by atoms with Crippen molar-refractivity contribution in [3.63, 3.8) is 0 Å². The van der Waals surface area contributed by atoms with Crippen LogP contribution in [-0.2, 0) is 23.0 Å². The molecule has 6 heteroatoms. The summed E-state index contributed by atoms with van der Waals surface area (Å²) in [4.78, 5) is 0. The summed E-state index contributed by atoms with van der Waals surface area (Å²) in [5.41, 5.74) is 9.19. The molecule has 1 aromatic carbocycles. The zero-order valence-electron chi connectivity index (χ0n) is 10.8. The molecular weight excluding hydrogens is 262 g/mol. The van der Waals surface area contributed by atoms with Crippen molar-refractivity contribution in [2.75, 3.05) is 18.0 Å². The molecule has 0 aliphatic carbocycles. The van der Waals surface area contributed by atoms with Gasteiger partial charge < -0.3 is 11.1 Å². The molecule has 3 N–H and O–H groups in total. The molecule has 3 rings (SSSR count). The van der Waals surface area contributed by atoms with Gasteiger partial charge >= 0.3 is 0 Å². The minimum atomic E-state index is -3.29. The van der Waals surface area contributed by atoms with Crippen LogP contribution < -0.4 is 11.1 Å². The van der Waals surface area contributed by atoms with Gasteiger partial charge in [-0.1, -0.05) is 0 Å². The second-order valence-corrected chi connectivity index (χ2v) is 6.90. The molecule has 1 aliphatic rings. The van der Waals surface area contributed by atoms with Gasteiger partial charge in [-0.3, -0.25) is 0 Å². The van der Waals surface area contributed by atoms with Gasteiger partial charge in [-0.25, -0.2) is 12.4 Å². The Hall–Kier alpha value is -1.53. The molecule has 0 saturated heterocycles. The van der Waals surface area contributed by atoms with E-state index in [-0.39, 0.29) is 5.75 Å². The lowest BCUT2D eigenvalue weighted by atomic mass is 10.1. The van der Waals surface area contributed by atoms with E-state index in [2.05, 4.69) is 5.32 Å². The molecule has 2 heterocycles. The first-order chi connectivity index (χ1) is 9.04.